The molecule has 0 unspecified atom stereocenters. The number of aromatic nitrogens is 5. The smallest absolute Gasteiger partial charge is 0.165 e. The lowest BCUT2D eigenvalue weighted by molar-refractivity contribution is 0.543. The zero-order valence-electron chi connectivity index (χ0n) is 27.1. The molecule has 48 heavy (non-hydrogen) atoms. The van der Waals surface area contributed by atoms with Crippen LogP contribution in [-0.2, 0) is 5.41 Å². The van der Waals surface area contributed by atoms with Gasteiger partial charge in [-0.05, 0) is 48.5 Å². The first-order chi connectivity index (χ1) is 23.5. The Hall–Kier alpha value is -6.07. The topological polar surface area (TPSA) is 48.5 Å². The minimum absolute atomic E-state index is 0.264. The number of para-hydroxylation sites is 4. The zero-order chi connectivity index (χ0) is 32.4. The standard InChI is InChI=1S/C43H33N5/c1-43(2,3)42-45-40(28-16-6-4-7-17-28)44-41(46-42)32-22-12-15-25-37(32)48-36-24-14-11-21-31(36)34-26-33-30-20-10-13-23-35(30)47(38(33)27-39(34)48)29-18-8-5-9-19-29/h4-27H,1-3H3. The van der Waals surface area contributed by atoms with Crippen LogP contribution in [0, 0.1) is 0 Å². The molecule has 5 nitrogen and oxygen atoms in total. The van der Waals surface area contributed by atoms with Crippen LogP contribution in [0.15, 0.2) is 146 Å². The van der Waals surface area contributed by atoms with Crippen LogP contribution in [0.5, 0.6) is 0 Å². The van der Waals surface area contributed by atoms with E-state index in [1.54, 1.807) is 0 Å². The van der Waals surface area contributed by atoms with Crippen molar-refractivity contribution in [3.63, 3.8) is 0 Å². The molecule has 9 aromatic rings. The Balaban J connectivity index is 1.37. The lowest BCUT2D eigenvalue weighted by Gasteiger charge is -2.19. The fourth-order valence-corrected chi connectivity index (χ4v) is 6.95. The number of hydrogen-bond acceptors (Lipinski definition) is 3. The molecule has 0 aliphatic rings. The number of benzene rings is 6. The van der Waals surface area contributed by atoms with Gasteiger partial charge < -0.3 is 9.13 Å². The van der Waals surface area contributed by atoms with Crippen LogP contribution in [0.4, 0.5) is 0 Å². The normalized spacial score (nSPS) is 12.1. The fourth-order valence-electron chi connectivity index (χ4n) is 6.95. The van der Waals surface area contributed by atoms with Gasteiger partial charge in [0, 0.05) is 43.8 Å². The van der Waals surface area contributed by atoms with E-state index < -0.39 is 0 Å². The van der Waals surface area contributed by atoms with E-state index in [-0.39, 0.29) is 5.41 Å². The van der Waals surface area contributed by atoms with E-state index >= 15 is 0 Å². The molecule has 0 fully saturated rings. The highest BCUT2D eigenvalue weighted by atomic mass is 15.1. The van der Waals surface area contributed by atoms with Crippen LogP contribution in [0.2, 0.25) is 0 Å². The molecule has 0 atom stereocenters. The lowest BCUT2D eigenvalue weighted by Crippen LogP contribution is -2.18. The minimum atomic E-state index is -0.264. The summed E-state index contributed by atoms with van der Waals surface area (Å²) in [5.74, 6) is 2.10. The van der Waals surface area contributed by atoms with Gasteiger partial charge in [-0.1, -0.05) is 118 Å². The third-order valence-electron chi connectivity index (χ3n) is 9.20. The summed E-state index contributed by atoms with van der Waals surface area (Å²) in [7, 11) is 0. The predicted octanol–water partition coefficient (Wildman–Crippen LogP) is 10.7. The summed E-state index contributed by atoms with van der Waals surface area (Å²) in [4.78, 5) is 15.2. The monoisotopic (exact) mass is 619 g/mol. The zero-order valence-corrected chi connectivity index (χ0v) is 27.1. The molecule has 0 saturated heterocycles. The van der Waals surface area contributed by atoms with Gasteiger partial charge in [-0.25, -0.2) is 15.0 Å². The van der Waals surface area contributed by atoms with Crippen LogP contribution in [0.1, 0.15) is 26.6 Å². The van der Waals surface area contributed by atoms with Gasteiger partial charge in [-0.3, -0.25) is 0 Å². The Morgan fingerprint density at radius 1 is 0.438 bits per heavy atom. The molecule has 0 spiro atoms. The van der Waals surface area contributed by atoms with E-state index in [9.17, 15) is 0 Å². The fraction of sp³-hybridized carbons (Fsp3) is 0.0930. The van der Waals surface area contributed by atoms with Gasteiger partial charge in [0.25, 0.3) is 0 Å². The summed E-state index contributed by atoms with van der Waals surface area (Å²) >= 11 is 0. The van der Waals surface area contributed by atoms with Crippen molar-refractivity contribution in [1.82, 2.24) is 24.1 Å². The van der Waals surface area contributed by atoms with E-state index in [0.717, 1.165) is 44.9 Å². The van der Waals surface area contributed by atoms with Crippen LogP contribution in [0.3, 0.4) is 0 Å². The predicted molar refractivity (Wildman–Crippen MR) is 198 cm³/mol. The summed E-state index contributed by atoms with van der Waals surface area (Å²) < 4.78 is 4.76. The van der Waals surface area contributed by atoms with Crippen molar-refractivity contribution in [2.45, 2.75) is 26.2 Å². The van der Waals surface area contributed by atoms with Gasteiger partial charge in [0.05, 0.1) is 27.8 Å². The van der Waals surface area contributed by atoms with E-state index in [0.29, 0.717) is 11.6 Å². The molecule has 0 saturated carbocycles. The Morgan fingerprint density at radius 2 is 0.979 bits per heavy atom. The SMILES string of the molecule is CC(C)(C)c1nc(-c2ccccc2)nc(-c2ccccc2-n2c3ccccc3c3cc4c5ccccc5n(-c5ccccc5)c4cc32)n1. The first-order valence-electron chi connectivity index (χ1n) is 16.4. The van der Waals surface area contributed by atoms with Crippen molar-refractivity contribution in [3.05, 3.63) is 151 Å². The first kappa shape index (κ1) is 28.2. The second kappa shape index (κ2) is 10.7. The maximum Gasteiger partial charge on any atom is 0.165 e. The number of fused-ring (bicyclic) bond motifs is 6. The Labute approximate surface area is 278 Å². The van der Waals surface area contributed by atoms with Gasteiger partial charge in [0.15, 0.2) is 11.6 Å². The quantitative estimate of drug-likeness (QED) is 0.197. The van der Waals surface area contributed by atoms with E-state index in [1.807, 2.05) is 18.2 Å². The van der Waals surface area contributed by atoms with Crippen LogP contribution >= 0.6 is 0 Å². The molecule has 0 bridgehead atoms. The Morgan fingerprint density at radius 3 is 1.67 bits per heavy atom. The third kappa shape index (κ3) is 4.43. The van der Waals surface area contributed by atoms with Gasteiger partial charge in [-0.15, -0.1) is 0 Å². The average Bonchev–Trinajstić information content (AvgIpc) is 3.63. The molecule has 230 valence electrons. The number of nitrogens with zero attached hydrogens (tertiary/aromatic N) is 5. The average molecular weight is 620 g/mol. The van der Waals surface area contributed by atoms with Crippen LogP contribution in [0.25, 0.3) is 77.8 Å². The van der Waals surface area contributed by atoms with Crippen molar-refractivity contribution >= 4 is 43.6 Å². The summed E-state index contributed by atoms with van der Waals surface area (Å²) in [6.07, 6.45) is 0. The Kier molecular flexibility index (Phi) is 6.31. The van der Waals surface area contributed by atoms with E-state index in [1.165, 1.54) is 27.1 Å². The first-order valence-corrected chi connectivity index (χ1v) is 16.4. The van der Waals surface area contributed by atoms with Gasteiger partial charge in [-0.2, -0.15) is 0 Å². The van der Waals surface area contributed by atoms with Crippen molar-refractivity contribution in [3.8, 4) is 34.2 Å². The largest absolute Gasteiger partial charge is 0.309 e. The summed E-state index contributed by atoms with van der Waals surface area (Å²) in [5.41, 5.74) is 8.44. The van der Waals surface area contributed by atoms with Gasteiger partial charge >= 0.3 is 0 Å². The van der Waals surface area contributed by atoms with E-state index in [2.05, 4.69) is 157 Å². The molecular formula is C43H33N5. The molecule has 0 aliphatic heterocycles. The second-order valence-corrected chi connectivity index (χ2v) is 13.4. The summed E-state index contributed by atoms with van der Waals surface area (Å²) in [5, 5.41) is 4.89. The highest BCUT2D eigenvalue weighted by molar-refractivity contribution is 6.19. The number of hydrogen-bond donors (Lipinski definition) is 0. The molecule has 9 rings (SSSR count). The Bertz CT molecular complexity index is 2640. The molecule has 3 aromatic heterocycles. The van der Waals surface area contributed by atoms with Crippen molar-refractivity contribution in [2.75, 3.05) is 0 Å². The summed E-state index contributed by atoms with van der Waals surface area (Å²) in [6.45, 7) is 6.45. The lowest BCUT2D eigenvalue weighted by atomic mass is 9.95. The molecular weight excluding hydrogens is 587 g/mol. The molecule has 5 heteroatoms. The maximum atomic E-state index is 5.12. The second-order valence-electron chi connectivity index (χ2n) is 13.4. The highest BCUT2D eigenvalue weighted by Crippen LogP contribution is 2.41. The van der Waals surface area contributed by atoms with Gasteiger partial charge in [0.2, 0.25) is 0 Å². The maximum absolute atomic E-state index is 5.12. The third-order valence-corrected chi connectivity index (χ3v) is 9.20. The van der Waals surface area contributed by atoms with Crippen LogP contribution < -0.4 is 0 Å². The van der Waals surface area contributed by atoms with E-state index in [4.69, 9.17) is 15.0 Å². The van der Waals surface area contributed by atoms with Crippen molar-refractivity contribution in [1.29, 1.82) is 0 Å². The van der Waals surface area contributed by atoms with Gasteiger partial charge in [0.1, 0.15) is 5.82 Å². The minimum Gasteiger partial charge on any atom is -0.309 e. The molecule has 0 aliphatic carbocycles. The van der Waals surface area contributed by atoms with Crippen molar-refractivity contribution in [2.24, 2.45) is 0 Å². The molecule has 0 N–H and O–H groups in total. The number of rotatable bonds is 4. The van der Waals surface area contributed by atoms with Crippen molar-refractivity contribution < 1.29 is 0 Å². The molecule has 6 aromatic carbocycles. The van der Waals surface area contributed by atoms with Crippen LogP contribution in [-0.4, -0.2) is 24.1 Å². The molecule has 0 radical (unpaired) electrons. The summed E-state index contributed by atoms with van der Waals surface area (Å²) in [6, 6.07) is 51.4. The molecule has 3 heterocycles. The highest BCUT2D eigenvalue weighted by Gasteiger charge is 2.24. The molecule has 0 amide bonds.